The molecule has 110 valence electrons. The number of pyridine rings is 1. The number of aromatic nitrogens is 1. The van der Waals surface area contributed by atoms with E-state index < -0.39 is 5.97 Å². The van der Waals surface area contributed by atoms with Crippen LogP contribution in [0.4, 0.5) is 5.69 Å². The Morgan fingerprint density at radius 3 is 2.30 bits per heavy atom. The first-order valence-corrected chi connectivity index (χ1v) is 7.13. The van der Waals surface area contributed by atoms with Crippen LogP contribution in [0.15, 0.2) is 18.3 Å². The van der Waals surface area contributed by atoms with Gasteiger partial charge in [0.05, 0.1) is 11.9 Å². The van der Waals surface area contributed by atoms with Crippen LogP contribution in [0, 0.1) is 10.8 Å². The lowest BCUT2D eigenvalue weighted by Gasteiger charge is -2.45. The van der Waals surface area contributed by atoms with Crippen molar-refractivity contribution in [2.75, 3.05) is 5.32 Å². The maximum atomic E-state index is 10.8. The van der Waals surface area contributed by atoms with E-state index in [0.29, 0.717) is 16.9 Å². The number of rotatable bonds is 3. The molecular formula is C16H24N2O2. The molecule has 1 heterocycles. The molecule has 4 nitrogen and oxygen atoms in total. The Labute approximate surface area is 120 Å². The molecule has 20 heavy (non-hydrogen) atoms. The van der Waals surface area contributed by atoms with E-state index in [-0.39, 0.29) is 5.69 Å². The molecule has 4 heteroatoms. The van der Waals surface area contributed by atoms with Crippen molar-refractivity contribution >= 4 is 11.7 Å². The normalized spacial score (nSPS) is 21.4. The van der Waals surface area contributed by atoms with Crippen molar-refractivity contribution in [1.82, 2.24) is 4.98 Å². The van der Waals surface area contributed by atoms with Gasteiger partial charge in [-0.2, -0.15) is 0 Å². The number of carboxylic acids is 1. The maximum absolute atomic E-state index is 10.8. The van der Waals surface area contributed by atoms with Gasteiger partial charge in [0, 0.05) is 6.04 Å². The fourth-order valence-corrected chi connectivity index (χ4v) is 3.79. The molecule has 1 fully saturated rings. The minimum atomic E-state index is -0.989. The van der Waals surface area contributed by atoms with E-state index in [1.54, 1.807) is 18.3 Å². The predicted molar refractivity (Wildman–Crippen MR) is 80.0 cm³/mol. The molecule has 0 unspecified atom stereocenters. The Morgan fingerprint density at radius 1 is 1.25 bits per heavy atom. The lowest BCUT2D eigenvalue weighted by atomic mass is 9.63. The number of hydrogen-bond donors (Lipinski definition) is 2. The summed E-state index contributed by atoms with van der Waals surface area (Å²) in [6.45, 7) is 9.26. The molecule has 1 aliphatic rings. The number of carbonyl (C=O) groups is 1. The highest BCUT2D eigenvalue weighted by Gasteiger charge is 2.38. The topological polar surface area (TPSA) is 62.2 Å². The zero-order valence-electron chi connectivity index (χ0n) is 12.7. The first-order chi connectivity index (χ1) is 9.17. The van der Waals surface area contributed by atoms with Crippen LogP contribution in [0.2, 0.25) is 0 Å². The van der Waals surface area contributed by atoms with Gasteiger partial charge in [-0.3, -0.25) is 0 Å². The first-order valence-electron chi connectivity index (χ1n) is 7.13. The second-order valence-electron chi connectivity index (χ2n) is 7.49. The van der Waals surface area contributed by atoms with Gasteiger partial charge in [-0.15, -0.1) is 0 Å². The summed E-state index contributed by atoms with van der Waals surface area (Å²) in [5.41, 5.74) is 1.63. The molecule has 1 aromatic rings. The summed E-state index contributed by atoms with van der Waals surface area (Å²) in [5, 5.41) is 12.4. The molecule has 2 rings (SSSR count). The van der Waals surface area contributed by atoms with Crippen molar-refractivity contribution in [2.24, 2.45) is 10.8 Å². The average Bonchev–Trinajstić information content (AvgIpc) is 2.25. The van der Waals surface area contributed by atoms with E-state index in [9.17, 15) is 4.79 Å². The average molecular weight is 276 g/mol. The van der Waals surface area contributed by atoms with Crippen LogP contribution in [0.5, 0.6) is 0 Å². The molecule has 0 aromatic carbocycles. The van der Waals surface area contributed by atoms with Gasteiger partial charge >= 0.3 is 5.97 Å². The Balaban J connectivity index is 2.07. The Hall–Kier alpha value is -1.58. The minimum absolute atomic E-state index is 0.0832. The Bertz CT molecular complexity index is 476. The van der Waals surface area contributed by atoms with E-state index in [4.69, 9.17) is 5.11 Å². The van der Waals surface area contributed by atoms with Crippen LogP contribution in [0.3, 0.4) is 0 Å². The molecule has 1 aliphatic carbocycles. The number of carboxylic acid groups (broad SMARTS) is 1. The van der Waals surface area contributed by atoms with Gasteiger partial charge in [0.2, 0.25) is 0 Å². The zero-order valence-corrected chi connectivity index (χ0v) is 12.7. The number of nitrogens with zero attached hydrogens (tertiary/aromatic N) is 1. The van der Waals surface area contributed by atoms with Crippen LogP contribution >= 0.6 is 0 Å². The predicted octanol–water partition coefficient (Wildman–Crippen LogP) is 3.80. The van der Waals surface area contributed by atoms with Crippen LogP contribution < -0.4 is 5.32 Å². The van der Waals surface area contributed by atoms with Crippen LogP contribution in [-0.4, -0.2) is 22.1 Å². The van der Waals surface area contributed by atoms with Crippen LogP contribution in [0.1, 0.15) is 57.4 Å². The molecule has 0 atom stereocenters. The molecule has 0 bridgehead atoms. The lowest BCUT2D eigenvalue weighted by molar-refractivity contribution is 0.0690. The van der Waals surface area contributed by atoms with Crippen LogP contribution in [0.25, 0.3) is 0 Å². The van der Waals surface area contributed by atoms with E-state index in [1.807, 2.05) is 0 Å². The largest absolute Gasteiger partial charge is 0.477 e. The highest BCUT2D eigenvalue weighted by atomic mass is 16.4. The standard InChI is InChI=1S/C16H24N2O2/c1-15(2)7-12(8-16(3,4)10-15)18-11-5-6-13(14(19)20)17-9-11/h5-6,9,12,18H,7-8,10H2,1-4H3,(H,19,20). The van der Waals surface area contributed by atoms with Gasteiger partial charge in [0.25, 0.3) is 0 Å². The lowest BCUT2D eigenvalue weighted by Crippen LogP contribution is -2.40. The SMILES string of the molecule is CC1(C)CC(Nc2ccc(C(=O)O)nc2)CC(C)(C)C1. The van der Waals surface area contributed by atoms with Crippen molar-refractivity contribution in [3.05, 3.63) is 24.0 Å². The number of anilines is 1. The fraction of sp³-hybridized carbons (Fsp3) is 0.625. The van der Waals surface area contributed by atoms with Crippen molar-refractivity contribution in [2.45, 2.75) is 53.0 Å². The summed E-state index contributed by atoms with van der Waals surface area (Å²) in [6, 6.07) is 3.75. The Morgan fingerprint density at radius 2 is 1.85 bits per heavy atom. The molecule has 0 saturated heterocycles. The third kappa shape index (κ3) is 3.71. The Kier molecular flexibility index (Phi) is 3.76. The molecule has 1 saturated carbocycles. The van der Waals surface area contributed by atoms with E-state index >= 15 is 0 Å². The molecular weight excluding hydrogens is 252 g/mol. The molecule has 0 spiro atoms. The van der Waals surface area contributed by atoms with Gasteiger partial charge in [-0.1, -0.05) is 27.7 Å². The number of nitrogens with one attached hydrogen (secondary N) is 1. The van der Waals surface area contributed by atoms with Crippen molar-refractivity contribution in [3.63, 3.8) is 0 Å². The summed E-state index contributed by atoms with van der Waals surface area (Å²) in [5.74, 6) is -0.989. The van der Waals surface area contributed by atoms with E-state index in [0.717, 1.165) is 18.5 Å². The van der Waals surface area contributed by atoms with Gasteiger partial charge in [-0.25, -0.2) is 9.78 Å². The van der Waals surface area contributed by atoms with Gasteiger partial charge in [-0.05, 0) is 42.2 Å². The van der Waals surface area contributed by atoms with Gasteiger partial charge < -0.3 is 10.4 Å². The van der Waals surface area contributed by atoms with Crippen molar-refractivity contribution in [1.29, 1.82) is 0 Å². The van der Waals surface area contributed by atoms with Gasteiger partial charge in [0.1, 0.15) is 5.69 Å². The first kappa shape index (κ1) is 14.8. The molecule has 2 N–H and O–H groups in total. The third-order valence-corrected chi connectivity index (χ3v) is 3.91. The van der Waals surface area contributed by atoms with Crippen LogP contribution in [-0.2, 0) is 0 Å². The maximum Gasteiger partial charge on any atom is 0.354 e. The highest BCUT2D eigenvalue weighted by molar-refractivity contribution is 5.85. The molecule has 1 aromatic heterocycles. The van der Waals surface area contributed by atoms with E-state index in [2.05, 4.69) is 38.0 Å². The smallest absolute Gasteiger partial charge is 0.354 e. The summed E-state index contributed by atoms with van der Waals surface area (Å²) >= 11 is 0. The second-order valence-corrected chi connectivity index (χ2v) is 7.49. The quantitative estimate of drug-likeness (QED) is 0.881. The monoisotopic (exact) mass is 276 g/mol. The molecule has 0 amide bonds. The fourth-order valence-electron chi connectivity index (χ4n) is 3.79. The van der Waals surface area contributed by atoms with Gasteiger partial charge in [0.15, 0.2) is 0 Å². The summed E-state index contributed by atoms with van der Waals surface area (Å²) in [4.78, 5) is 14.7. The van der Waals surface area contributed by atoms with E-state index in [1.165, 1.54) is 6.42 Å². The van der Waals surface area contributed by atoms with Crippen molar-refractivity contribution in [3.8, 4) is 0 Å². The summed E-state index contributed by atoms with van der Waals surface area (Å²) < 4.78 is 0. The highest BCUT2D eigenvalue weighted by Crippen LogP contribution is 2.46. The van der Waals surface area contributed by atoms with Crippen molar-refractivity contribution < 1.29 is 9.90 Å². The number of aromatic carboxylic acids is 1. The number of hydrogen-bond acceptors (Lipinski definition) is 3. The summed E-state index contributed by atoms with van der Waals surface area (Å²) in [6.07, 6.45) is 5.08. The summed E-state index contributed by atoms with van der Waals surface area (Å²) in [7, 11) is 0. The second kappa shape index (κ2) is 5.08. The zero-order chi connectivity index (χ0) is 15.0. The molecule has 0 radical (unpaired) electrons. The minimum Gasteiger partial charge on any atom is -0.477 e. The third-order valence-electron chi connectivity index (χ3n) is 3.91. The molecule has 0 aliphatic heterocycles.